The molecule has 0 aliphatic carbocycles. The summed E-state index contributed by atoms with van der Waals surface area (Å²) in [6.45, 7) is 5.62. The highest BCUT2D eigenvalue weighted by molar-refractivity contribution is 5.40. The smallest absolute Gasteiger partial charge is 0.151 e. The van der Waals surface area contributed by atoms with Gasteiger partial charge in [0.1, 0.15) is 0 Å². The zero-order valence-electron chi connectivity index (χ0n) is 11.5. The first-order valence-electron chi connectivity index (χ1n) is 6.42. The zero-order chi connectivity index (χ0) is 13.3. The number of rotatable bonds is 3. The quantitative estimate of drug-likeness (QED) is 0.856. The first kappa shape index (κ1) is 13.2. The van der Waals surface area contributed by atoms with E-state index in [4.69, 9.17) is 0 Å². The molecule has 1 saturated heterocycles. The minimum absolute atomic E-state index is 0.163. The molecular formula is C13H22N4O. The summed E-state index contributed by atoms with van der Waals surface area (Å²) in [4.78, 5) is 4.15. The molecule has 100 valence electrons. The SMILES string of the molecule is CC(C)c1ccc(N2C[C@H](O)[C@@H](N(C)C)C2)nn1. The maximum Gasteiger partial charge on any atom is 0.151 e. The van der Waals surface area contributed by atoms with Gasteiger partial charge < -0.3 is 14.9 Å². The molecule has 1 aromatic heterocycles. The van der Waals surface area contributed by atoms with E-state index in [0.717, 1.165) is 18.1 Å². The number of hydrogen-bond donors (Lipinski definition) is 1. The van der Waals surface area contributed by atoms with Gasteiger partial charge in [-0.3, -0.25) is 0 Å². The molecule has 2 heterocycles. The van der Waals surface area contributed by atoms with Gasteiger partial charge in [-0.2, -0.15) is 5.10 Å². The molecule has 5 heteroatoms. The Morgan fingerprint density at radius 2 is 2.00 bits per heavy atom. The molecule has 1 aromatic rings. The minimum Gasteiger partial charge on any atom is -0.390 e. The molecule has 1 aliphatic rings. The summed E-state index contributed by atoms with van der Waals surface area (Å²) in [7, 11) is 3.98. The second-order valence-corrected chi connectivity index (χ2v) is 5.47. The van der Waals surface area contributed by atoms with E-state index in [-0.39, 0.29) is 12.1 Å². The highest BCUT2D eigenvalue weighted by Crippen LogP contribution is 2.21. The van der Waals surface area contributed by atoms with E-state index in [9.17, 15) is 5.11 Å². The van der Waals surface area contributed by atoms with Gasteiger partial charge in [-0.05, 0) is 32.1 Å². The molecule has 1 aliphatic heterocycles. The molecule has 2 rings (SSSR count). The molecule has 0 unspecified atom stereocenters. The van der Waals surface area contributed by atoms with Crippen LogP contribution < -0.4 is 4.90 Å². The standard InChI is InChI=1S/C13H22N4O/c1-9(2)10-5-6-13(15-14-10)17-7-11(16(3)4)12(18)8-17/h5-6,9,11-12,18H,7-8H2,1-4H3/t11-,12-/m0/s1. The van der Waals surface area contributed by atoms with Gasteiger partial charge in [0.2, 0.25) is 0 Å². The third-order valence-electron chi connectivity index (χ3n) is 3.51. The highest BCUT2D eigenvalue weighted by atomic mass is 16.3. The predicted octanol–water partition coefficient (Wildman–Crippen LogP) is 0.711. The average molecular weight is 250 g/mol. The lowest BCUT2D eigenvalue weighted by molar-refractivity contribution is 0.114. The number of aromatic nitrogens is 2. The van der Waals surface area contributed by atoms with E-state index in [1.165, 1.54) is 0 Å². The first-order chi connectivity index (χ1) is 8.49. The third kappa shape index (κ3) is 2.62. The van der Waals surface area contributed by atoms with Gasteiger partial charge in [-0.25, -0.2) is 0 Å². The Labute approximate surface area is 108 Å². The fourth-order valence-electron chi connectivity index (χ4n) is 2.28. The average Bonchev–Trinajstić information content (AvgIpc) is 2.71. The summed E-state index contributed by atoms with van der Waals surface area (Å²) in [5.74, 6) is 1.24. The highest BCUT2D eigenvalue weighted by Gasteiger charge is 2.33. The normalized spacial score (nSPS) is 24.3. The number of likely N-dealkylation sites (N-methyl/N-ethyl adjacent to an activating group) is 1. The van der Waals surface area contributed by atoms with Crippen LogP contribution in [0, 0.1) is 0 Å². The monoisotopic (exact) mass is 250 g/mol. The molecular weight excluding hydrogens is 228 g/mol. The summed E-state index contributed by atoms with van der Waals surface area (Å²) in [5, 5.41) is 18.5. The second-order valence-electron chi connectivity index (χ2n) is 5.47. The van der Waals surface area contributed by atoms with Crippen LogP contribution in [0.2, 0.25) is 0 Å². The van der Waals surface area contributed by atoms with E-state index >= 15 is 0 Å². The van der Waals surface area contributed by atoms with Crippen molar-refractivity contribution in [1.29, 1.82) is 0 Å². The van der Waals surface area contributed by atoms with Crippen molar-refractivity contribution in [1.82, 2.24) is 15.1 Å². The third-order valence-corrected chi connectivity index (χ3v) is 3.51. The van der Waals surface area contributed by atoms with Gasteiger partial charge in [0.05, 0.1) is 17.8 Å². The van der Waals surface area contributed by atoms with Crippen molar-refractivity contribution in [3.05, 3.63) is 17.8 Å². The fraction of sp³-hybridized carbons (Fsp3) is 0.692. The number of nitrogens with zero attached hydrogens (tertiary/aromatic N) is 4. The van der Waals surface area contributed by atoms with Crippen LogP contribution in [0.15, 0.2) is 12.1 Å². The lowest BCUT2D eigenvalue weighted by Gasteiger charge is -2.21. The first-order valence-corrected chi connectivity index (χ1v) is 6.42. The number of β-amino-alcohol motifs (C(OH)–C–C–N with tert-alkyl or cyclic N) is 1. The van der Waals surface area contributed by atoms with Crippen LogP contribution in [-0.4, -0.2) is 59.5 Å². The van der Waals surface area contributed by atoms with Crippen molar-refractivity contribution in [2.45, 2.75) is 31.9 Å². The molecule has 1 N–H and O–H groups in total. The van der Waals surface area contributed by atoms with Crippen molar-refractivity contribution in [2.24, 2.45) is 0 Å². The van der Waals surface area contributed by atoms with Crippen LogP contribution in [0.25, 0.3) is 0 Å². The fourth-order valence-corrected chi connectivity index (χ4v) is 2.28. The van der Waals surface area contributed by atoms with Gasteiger partial charge in [0.15, 0.2) is 5.82 Å². The Balaban J connectivity index is 2.09. The molecule has 0 bridgehead atoms. The lowest BCUT2D eigenvalue weighted by Crippen LogP contribution is -2.38. The molecule has 0 spiro atoms. The number of aliphatic hydroxyl groups is 1. The van der Waals surface area contributed by atoms with Gasteiger partial charge in [0.25, 0.3) is 0 Å². The van der Waals surface area contributed by atoms with Gasteiger partial charge >= 0.3 is 0 Å². The van der Waals surface area contributed by atoms with Crippen LogP contribution in [0.1, 0.15) is 25.5 Å². The Hall–Kier alpha value is -1.20. The van der Waals surface area contributed by atoms with Gasteiger partial charge in [-0.1, -0.05) is 13.8 Å². The molecule has 1 fully saturated rings. The summed E-state index contributed by atoms with van der Waals surface area (Å²) in [6, 6.07) is 4.17. The Kier molecular flexibility index (Phi) is 3.82. The van der Waals surface area contributed by atoms with Crippen LogP contribution in [0.5, 0.6) is 0 Å². The topological polar surface area (TPSA) is 52.5 Å². The summed E-state index contributed by atoms with van der Waals surface area (Å²) >= 11 is 0. The van der Waals surface area contributed by atoms with Crippen LogP contribution >= 0.6 is 0 Å². The van der Waals surface area contributed by atoms with E-state index in [0.29, 0.717) is 12.5 Å². The minimum atomic E-state index is -0.327. The van der Waals surface area contributed by atoms with E-state index < -0.39 is 0 Å². The molecule has 2 atom stereocenters. The number of anilines is 1. The van der Waals surface area contributed by atoms with Crippen LogP contribution in [0.3, 0.4) is 0 Å². The molecule has 0 amide bonds. The van der Waals surface area contributed by atoms with Crippen molar-refractivity contribution >= 4 is 5.82 Å². The van der Waals surface area contributed by atoms with E-state index in [2.05, 4.69) is 33.8 Å². The molecule has 0 aromatic carbocycles. The molecule has 0 radical (unpaired) electrons. The molecule has 18 heavy (non-hydrogen) atoms. The Morgan fingerprint density at radius 3 is 2.44 bits per heavy atom. The maximum atomic E-state index is 10.0. The van der Waals surface area contributed by atoms with Crippen molar-refractivity contribution in [3.63, 3.8) is 0 Å². The Morgan fingerprint density at radius 1 is 1.28 bits per heavy atom. The second kappa shape index (κ2) is 5.20. The zero-order valence-corrected chi connectivity index (χ0v) is 11.5. The molecule has 5 nitrogen and oxygen atoms in total. The van der Waals surface area contributed by atoms with Crippen molar-refractivity contribution in [3.8, 4) is 0 Å². The predicted molar refractivity (Wildman–Crippen MR) is 71.8 cm³/mol. The van der Waals surface area contributed by atoms with Crippen molar-refractivity contribution < 1.29 is 5.11 Å². The molecule has 0 saturated carbocycles. The number of aliphatic hydroxyl groups excluding tert-OH is 1. The van der Waals surface area contributed by atoms with Crippen LogP contribution in [-0.2, 0) is 0 Å². The maximum absolute atomic E-state index is 10.0. The van der Waals surface area contributed by atoms with Gasteiger partial charge in [-0.15, -0.1) is 5.10 Å². The van der Waals surface area contributed by atoms with E-state index in [1.54, 1.807) is 0 Å². The largest absolute Gasteiger partial charge is 0.390 e. The number of hydrogen-bond acceptors (Lipinski definition) is 5. The summed E-state index contributed by atoms with van der Waals surface area (Å²) < 4.78 is 0. The summed E-state index contributed by atoms with van der Waals surface area (Å²) in [5.41, 5.74) is 1.00. The van der Waals surface area contributed by atoms with Crippen molar-refractivity contribution in [2.75, 3.05) is 32.1 Å². The summed E-state index contributed by atoms with van der Waals surface area (Å²) in [6.07, 6.45) is -0.327. The van der Waals surface area contributed by atoms with Crippen LogP contribution in [0.4, 0.5) is 5.82 Å². The van der Waals surface area contributed by atoms with E-state index in [1.807, 2.05) is 26.2 Å². The van der Waals surface area contributed by atoms with Gasteiger partial charge in [0, 0.05) is 13.1 Å². The lowest BCUT2D eigenvalue weighted by atomic mass is 10.1. The Bertz CT molecular complexity index is 390.